The van der Waals surface area contributed by atoms with Crippen molar-refractivity contribution in [3.8, 4) is 5.75 Å². The molecule has 0 aliphatic carbocycles. The van der Waals surface area contributed by atoms with E-state index < -0.39 is 11.7 Å². The second kappa shape index (κ2) is 8.73. The molecule has 0 bridgehead atoms. The molecule has 0 unspecified atom stereocenters. The molecule has 30 heavy (non-hydrogen) atoms. The Morgan fingerprint density at radius 1 is 1.00 bits per heavy atom. The van der Waals surface area contributed by atoms with Crippen LogP contribution in [0.15, 0.2) is 55.0 Å². The standard InChI is InChI=1S/C21H21FN6O2/c1-30-15-5-6-16(17(22)12-15)21(29)26-18-13-25-20(14-24-18)28-10-8-27(9-11-28)19-4-2-3-7-23-19/h2-7,12-14H,8-11H2,1H3,(H,24,26,29). The number of methoxy groups -OCH3 is 1. The summed E-state index contributed by atoms with van der Waals surface area (Å²) < 4.78 is 19.0. The molecule has 4 rings (SSSR count). The number of nitrogens with one attached hydrogen (secondary N) is 1. The third kappa shape index (κ3) is 4.29. The average molecular weight is 408 g/mol. The first-order valence-corrected chi connectivity index (χ1v) is 9.52. The smallest absolute Gasteiger partial charge is 0.259 e. The molecule has 3 aromatic rings. The van der Waals surface area contributed by atoms with E-state index in [1.165, 1.54) is 25.4 Å². The molecule has 154 valence electrons. The zero-order valence-corrected chi connectivity index (χ0v) is 16.5. The first-order valence-electron chi connectivity index (χ1n) is 9.52. The zero-order valence-electron chi connectivity index (χ0n) is 16.5. The highest BCUT2D eigenvalue weighted by molar-refractivity contribution is 6.04. The summed E-state index contributed by atoms with van der Waals surface area (Å²) in [5.41, 5.74) is -0.0904. The molecule has 1 N–H and O–H groups in total. The van der Waals surface area contributed by atoms with Gasteiger partial charge in [0.15, 0.2) is 5.82 Å². The van der Waals surface area contributed by atoms with E-state index >= 15 is 0 Å². The van der Waals surface area contributed by atoms with Crippen molar-refractivity contribution in [3.05, 3.63) is 66.4 Å². The summed E-state index contributed by atoms with van der Waals surface area (Å²) in [6.07, 6.45) is 4.87. The maximum atomic E-state index is 14.1. The van der Waals surface area contributed by atoms with Gasteiger partial charge in [0, 0.05) is 38.4 Å². The van der Waals surface area contributed by atoms with Crippen molar-refractivity contribution in [2.45, 2.75) is 0 Å². The fraction of sp³-hybridized carbons (Fsp3) is 0.238. The van der Waals surface area contributed by atoms with E-state index in [1.807, 2.05) is 18.2 Å². The van der Waals surface area contributed by atoms with Crippen LogP contribution >= 0.6 is 0 Å². The monoisotopic (exact) mass is 408 g/mol. The molecule has 1 aromatic carbocycles. The lowest BCUT2D eigenvalue weighted by atomic mass is 10.2. The molecule has 1 aliphatic heterocycles. The van der Waals surface area contributed by atoms with Crippen LogP contribution in [-0.2, 0) is 0 Å². The number of pyridine rings is 1. The average Bonchev–Trinajstić information content (AvgIpc) is 2.80. The number of ether oxygens (including phenoxy) is 1. The molecular weight excluding hydrogens is 387 g/mol. The van der Waals surface area contributed by atoms with Gasteiger partial charge in [-0.3, -0.25) is 4.79 Å². The fourth-order valence-corrected chi connectivity index (χ4v) is 3.25. The zero-order chi connectivity index (χ0) is 20.9. The van der Waals surface area contributed by atoms with Crippen LogP contribution in [-0.4, -0.2) is 54.1 Å². The topological polar surface area (TPSA) is 83.5 Å². The van der Waals surface area contributed by atoms with Crippen LogP contribution in [0.5, 0.6) is 5.75 Å². The number of amides is 1. The van der Waals surface area contributed by atoms with Crippen molar-refractivity contribution >= 4 is 23.4 Å². The van der Waals surface area contributed by atoms with Gasteiger partial charge in [0.05, 0.1) is 25.1 Å². The lowest BCUT2D eigenvalue weighted by molar-refractivity contribution is 0.102. The molecule has 1 saturated heterocycles. The highest BCUT2D eigenvalue weighted by Crippen LogP contribution is 2.19. The molecule has 3 heterocycles. The molecule has 8 nitrogen and oxygen atoms in total. The van der Waals surface area contributed by atoms with Crippen molar-refractivity contribution in [3.63, 3.8) is 0 Å². The van der Waals surface area contributed by atoms with Crippen molar-refractivity contribution in [2.24, 2.45) is 0 Å². The van der Waals surface area contributed by atoms with Gasteiger partial charge in [-0.05, 0) is 24.3 Å². The molecule has 0 atom stereocenters. The highest BCUT2D eigenvalue weighted by Gasteiger charge is 2.19. The summed E-state index contributed by atoms with van der Waals surface area (Å²) in [4.78, 5) is 29.7. The van der Waals surface area contributed by atoms with Gasteiger partial charge < -0.3 is 19.9 Å². The molecule has 1 amide bonds. The SMILES string of the molecule is COc1ccc(C(=O)Nc2cnc(N3CCN(c4ccccn4)CC3)cn2)c(F)c1. The van der Waals surface area contributed by atoms with Gasteiger partial charge in [-0.2, -0.15) is 0 Å². The van der Waals surface area contributed by atoms with Crippen LogP contribution in [0.2, 0.25) is 0 Å². The quantitative estimate of drug-likeness (QED) is 0.695. The number of nitrogens with zero attached hydrogens (tertiary/aromatic N) is 5. The first-order chi connectivity index (χ1) is 14.6. The van der Waals surface area contributed by atoms with E-state index in [4.69, 9.17) is 4.74 Å². The Morgan fingerprint density at radius 3 is 2.37 bits per heavy atom. The van der Waals surface area contributed by atoms with E-state index in [0.29, 0.717) is 5.75 Å². The van der Waals surface area contributed by atoms with Crippen LogP contribution in [0.25, 0.3) is 0 Å². The van der Waals surface area contributed by atoms with Gasteiger partial charge in [0.2, 0.25) is 0 Å². The Morgan fingerprint density at radius 2 is 1.77 bits per heavy atom. The highest BCUT2D eigenvalue weighted by atomic mass is 19.1. The van der Waals surface area contributed by atoms with Crippen LogP contribution in [0.4, 0.5) is 21.8 Å². The molecule has 0 radical (unpaired) electrons. The summed E-state index contributed by atoms with van der Waals surface area (Å²) in [6, 6.07) is 9.93. The predicted octanol–water partition coefficient (Wildman–Crippen LogP) is 2.60. The minimum absolute atomic E-state index is 0.0904. The van der Waals surface area contributed by atoms with E-state index in [2.05, 4.69) is 30.1 Å². The van der Waals surface area contributed by atoms with Gasteiger partial charge in [-0.1, -0.05) is 6.07 Å². The number of hydrogen-bond donors (Lipinski definition) is 1. The third-order valence-electron chi connectivity index (χ3n) is 4.88. The number of aromatic nitrogens is 3. The number of piperazine rings is 1. The number of halogens is 1. The molecule has 2 aromatic heterocycles. The molecule has 1 aliphatic rings. The maximum absolute atomic E-state index is 14.1. The second-order valence-corrected chi connectivity index (χ2v) is 6.72. The molecule has 0 spiro atoms. The number of benzene rings is 1. The summed E-state index contributed by atoms with van der Waals surface area (Å²) in [5, 5.41) is 2.57. The van der Waals surface area contributed by atoms with E-state index in [9.17, 15) is 9.18 Å². The van der Waals surface area contributed by atoms with Crippen LogP contribution in [0, 0.1) is 5.82 Å². The largest absolute Gasteiger partial charge is 0.497 e. The first kappa shape index (κ1) is 19.6. The number of rotatable bonds is 5. The summed E-state index contributed by atoms with van der Waals surface area (Å²) >= 11 is 0. The minimum Gasteiger partial charge on any atom is -0.497 e. The van der Waals surface area contributed by atoms with Gasteiger partial charge >= 0.3 is 0 Å². The van der Waals surface area contributed by atoms with Gasteiger partial charge in [0.25, 0.3) is 5.91 Å². The Balaban J connectivity index is 1.36. The minimum atomic E-state index is -0.665. The Hall–Kier alpha value is -3.75. The van der Waals surface area contributed by atoms with Crippen molar-refractivity contribution in [1.82, 2.24) is 15.0 Å². The van der Waals surface area contributed by atoms with Crippen molar-refractivity contribution < 1.29 is 13.9 Å². The normalized spacial score (nSPS) is 13.8. The molecule has 0 saturated carbocycles. The predicted molar refractivity (Wildman–Crippen MR) is 112 cm³/mol. The molecule has 9 heteroatoms. The Kier molecular flexibility index (Phi) is 5.69. The van der Waals surface area contributed by atoms with Gasteiger partial charge in [-0.25, -0.2) is 19.3 Å². The van der Waals surface area contributed by atoms with Crippen LogP contribution in [0.3, 0.4) is 0 Å². The van der Waals surface area contributed by atoms with Crippen LogP contribution in [0.1, 0.15) is 10.4 Å². The van der Waals surface area contributed by atoms with Gasteiger partial charge in [0.1, 0.15) is 23.2 Å². The summed E-state index contributed by atoms with van der Waals surface area (Å²) in [7, 11) is 1.43. The lowest BCUT2D eigenvalue weighted by Gasteiger charge is -2.35. The van der Waals surface area contributed by atoms with E-state index in [-0.39, 0.29) is 11.4 Å². The van der Waals surface area contributed by atoms with E-state index in [1.54, 1.807) is 12.4 Å². The van der Waals surface area contributed by atoms with Crippen molar-refractivity contribution in [2.75, 3.05) is 48.4 Å². The Bertz CT molecular complexity index is 1010. The third-order valence-corrected chi connectivity index (χ3v) is 4.88. The molecular formula is C21H21FN6O2. The van der Waals surface area contributed by atoms with Gasteiger partial charge in [-0.15, -0.1) is 0 Å². The van der Waals surface area contributed by atoms with E-state index in [0.717, 1.165) is 43.9 Å². The number of hydrogen-bond acceptors (Lipinski definition) is 7. The molecule has 1 fully saturated rings. The fourth-order valence-electron chi connectivity index (χ4n) is 3.25. The number of carbonyl (C=O) groups is 1. The van der Waals surface area contributed by atoms with Crippen molar-refractivity contribution in [1.29, 1.82) is 0 Å². The number of carbonyl (C=O) groups excluding carboxylic acids is 1. The maximum Gasteiger partial charge on any atom is 0.259 e. The Labute approximate surface area is 173 Å². The summed E-state index contributed by atoms with van der Waals surface area (Å²) in [5.74, 6) is 1.03. The number of anilines is 3. The second-order valence-electron chi connectivity index (χ2n) is 6.72. The lowest BCUT2D eigenvalue weighted by Crippen LogP contribution is -2.47. The summed E-state index contributed by atoms with van der Waals surface area (Å²) in [6.45, 7) is 3.23. The van der Waals surface area contributed by atoms with Crippen LogP contribution < -0.4 is 19.9 Å².